The van der Waals surface area contributed by atoms with Crippen LogP contribution in [0.15, 0.2) is 0 Å². The maximum absolute atomic E-state index is 12.4. The van der Waals surface area contributed by atoms with Crippen molar-refractivity contribution in [2.24, 2.45) is 5.92 Å². The van der Waals surface area contributed by atoms with E-state index in [-0.39, 0.29) is 37.4 Å². The van der Waals surface area contributed by atoms with Crippen LogP contribution in [-0.4, -0.2) is 57.0 Å². The molecule has 2 amide bonds. The molecule has 1 aromatic heterocycles. The predicted molar refractivity (Wildman–Crippen MR) is 90.6 cm³/mol. The van der Waals surface area contributed by atoms with Crippen molar-refractivity contribution in [1.82, 2.24) is 20.2 Å². The number of carbonyl (C=O) groups is 2. The molecule has 1 aliphatic rings. The van der Waals surface area contributed by atoms with Gasteiger partial charge in [0.2, 0.25) is 5.91 Å². The first-order valence-electron chi connectivity index (χ1n) is 8.62. The number of amides is 2. The Hall–Kier alpha value is -1.89. The highest BCUT2D eigenvalue weighted by molar-refractivity contribution is 5.94. The monoisotopic (exact) mass is 336 g/mol. The van der Waals surface area contributed by atoms with Crippen molar-refractivity contribution in [3.05, 3.63) is 17.2 Å². The van der Waals surface area contributed by atoms with Crippen molar-refractivity contribution >= 4 is 11.8 Å². The van der Waals surface area contributed by atoms with Crippen LogP contribution in [0.2, 0.25) is 0 Å². The average Bonchev–Trinajstić information content (AvgIpc) is 2.85. The van der Waals surface area contributed by atoms with Crippen LogP contribution in [0.3, 0.4) is 0 Å². The van der Waals surface area contributed by atoms with Gasteiger partial charge in [-0.15, -0.1) is 0 Å². The number of carbonyl (C=O) groups excluding carboxylic acids is 2. The lowest BCUT2D eigenvalue weighted by atomic mass is 9.92. The van der Waals surface area contributed by atoms with E-state index in [0.29, 0.717) is 11.5 Å². The van der Waals surface area contributed by atoms with E-state index in [1.807, 2.05) is 6.92 Å². The number of rotatable bonds is 7. The van der Waals surface area contributed by atoms with Gasteiger partial charge in [-0.3, -0.25) is 9.59 Å². The first-order chi connectivity index (χ1) is 11.3. The number of aromatic amines is 1. The number of nitrogens with one attached hydrogen (secondary N) is 2. The van der Waals surface area contributed by atoms with E-state index in [4.69, 9.17) is 0 Å². The normalized spacial score (nSPS) is 17.3. The molecule has 2 rings (SSSR count). The lowest BCUT2D eigenvalue weighted by Gasteiger charge is -2.46. The average molecular weight is 336 g/mol. The number of β-amino-alcohol motifs (C(OH)–C–C–N with tert-alkyl or cyclic N) is 1. The van der Waals surface area contributed by atoms with Crippen molar-refractivity contribution in [3.63, 3.8) is 0 Å². The van der Waals surface area contributed by atoms with Crippen molar-refractivity contribution in [1.29, 1.82) is 0 Å². The smallest absolute Gasteiger partial charge is 0.274 e. The van der Waals surface area contributed by atoms with Crippen LogP contribution in [0.5, 0.6) is 0 Å². The van der Waals surface area contributed by atoms with E-state index < -0.39 is 5.60 Å². The van der Waals surface area contributed by atoms with Crippen molar-refractivity contribution in [2.45, 2.75) is 52.6 Å². The Morgan fingerprint density at radius 1 is 1.38 bits per heavy atom. The fourth-order valence-corrected chi connectivity index (χ4v) is 3.15. The van der Waals surface area contributed by atoms with Gasteiger partial charge in [0.25, 0.3) is 5.91 Å². The first kappa shape index (κ1) is 18.4. The van der Waals surface area contributed by atoms with Crippen LogP contribution in [0, 0.1) is 19.8 Å². The fourth-order valence-electron chi connectivity index (χ4n) is 3.15. The Bertz CT molecular complexity index is 605. The zero-order valence-electron chi connectivity index (χ0n) is 15.0. The zero-order chi connectivity index (χ0) is 17.9. The predicted octanol–water partition coefficient (Wildman–Crippen LogP) is 1.16. The standard InChI is InChI=1S/C17H28N4O3/c1-5-7-13(6-2)15(22)18-8-17(24)9-21(10-17)16(23)14-11(3)19-12(4)20-14/h13,24H,5-10H2,1-4H3,(H,18,22)(H,19,20). The summed E-state index contributed by atoms with van der Waals surface area (Å²) in [6, 6.07) is 0. The van der Waals surface area contributed by atoms with Gasteiger partial charge in [-0.1, -0.05) is 20.3 Å². The molecule has 1 saturated heterocycles. The van der Waals surface area contributed by atoms with Crippen LogP contribution in [-0.2, 0) is 4.79 Å². The molecule has 1 aliphatic heterocycles. The van der Waals surface area contributed by atoms with Crippen LogP contribution in [0.4, 0.5) is 0 Å². The topological polar surface area (TPSA) is 98.3 Å². The Morgan fingerprint density at radius 2 is 2.04 bits per heavy atom. The molecular formula is C17H28N4O3. The minimum absolute atomic E-state index is 0.00825. The first-order valence-corrected chi connectivity index (χ1v) is 8.62. The second kappa shape index (κ2) is 7.34. The van der Waals surface area contributed by atoms with Gasteiger partial charge in [0, 0.05) is 18.2 Å². The second-order valence-corrected chi connectivity index (χ2v) is 6.79. The van der Waals surface area contributed by atoms with Gasteiger partial charge in [0.15, 0.2) is 0 Å². The Morgan fingerprint density at radius 3 is 2.54 bits per heavy atom. The molecule has 3 N–H and O–H groups in total. The Kier molecular flexibility index (Phi) is 5.64. The van der Waals surface area contributed by atoms with E-state index in [9.17, 15) is 14.7 Å². The highest BCUT2D eigenvalue weighted by Crippen LogP contribution is 2.23. The number of H-pyrrole nitrogens is 1. The fraction of sp³-hybridized carbons (Fsp3) is 0.706. The van der Waals surface area contributed by atoms with E-state index in [1.54, 1.807) is 18.7 Å². The van der Waals surface area contributed by atoms with Crippen LogP contribution >= 0.6 is 0 Å². The van der Waals surface area contributed by atoms with Crippen molar-refractivity contribution in [2.75, 3.05) is 19.6 Å². The lowest BCUT2D eigenvalue weighted by molar-refractivity contribution is -0.129. The summed E-state index contributed by atoms with van der Waals surface area (Å²) in [5.41, 5.74) is 0.0777. The lowest BCUT2D eigenvalue weighted by Crippen LogP contribution is -2.67. The molecule has 7 heteroatoms. The summed E-state index contributed by atoms with van der Waals surface area (Å²) in [6.45, 7) is 8.24. The van der Waals surface area contributed by atoms with Crippen molar-refractivity contribution in [3.8, 4) is 0 Å². The molecule has 1 unspecified atom stereocenters. The molecule has 0 aliphatic carbocycles. The number of hydrogen-bond acceptors (Lipinski definition) is 4. The van der Waals surface area contributed by atoms with Gasteiger partial charge >= 0.3 is 0 Å². The number of nitrogens with zero attached hydrogens (tertiary/aromatic N) is 2. The molecule has 1 fully saturated rings. The number of hydrogen-bond donors (Lipinski definition) is 3. The van der Waals surface area contributed by atoms with E-state index in [1.165, 1.54) is 0 Å². The third kappa shape index (κ3) is 3.95. The van der Waals surface area contributed by atoms with Gasteiger partial charge in [-0.05, 0) is 26.7 Å². The van der Waals surface area contributed by atoms with Crippen molar-refractivity contribution < 1.29 is 14.7 Å². The minimum atomic E-state index is -1.05. The summed E-state index contributed by atoms with van der Waals surface area (Å²) in [5.74, 6) is 0.480. The van der Waals surface area contributed by atoms with Crippen LogP contribution < -0.4 is 5.32 Å². The third-order valence-corrected chi connectivity index (χ3v) is 4.56. The zero-order valence-corrected chi connectivity index (χ0v) is 15.0. The highest BCUT2D eigenvalue weighted by atomic mass is 16.3. The Labute approximate surface area is 142 Å². The molecule has 0 aromatic carbocycles. The van der Waals surface area contributed by atoms with Gasteiger partial charge in [0.05, 0.1) is 13.1 Å². The number of imidazole rings is 1. The molecule has 134 valence electrons. The summed E-state index contributed by atoms with van der Waals surface area (Å²) in [7, 11) is 0. The number of aromatic nitrogens is 2. The maximum Gasteiger partial charge on any atom is 0.274 e. The quantitative estimate of drug-likeness (QED) is 0.696. The maximum atomic E-state index is 12.4. The molecule has 2 heterocycles. The molecular weight excluding hydrogens is 308 g/mol. The molecule has 0 saturated carbocycles. The summed E-state index contributed by atoms with van der Waals surface area (Å²) in [4.78, 5) is 33.2. The molecule has 0 spiro atoms. The van der Waals surface area contributed by atoms with Gasteiger partial charge < -0.3 is 20.3 Å². The molecule has 1 aromatic rings. The molecule has 24 heavy (non-hydrogen) atoms. The number of aryl methyl sites for hydroxylation is 2. The molecule has 1 atom stereocenters. The summed E-state index contributed by atoms with van der Waals surface area (Å²) < 4.78 is 0. The molecule has 7 nitrogen and oxygen atoms in total. The largest absolute Gasteiger partial charge is 0.384 e. The highest BCUT2D eigenvalue weighted by Gasteiger charge is 2.44. The SMILES string of the molecule is CCCC(CC)C(=O)NCC1(O)CN(C(=O)c2nc(C)[nH]c2C)C1. The second-order valence-electron chi connectivity index (χ2n) is 6.79. The molecule has 0 radical (unpaired) electrons. The molecule has 0 bridgehead atoms. The summed E-state index contributed by atoms with van der Waals surface area (Å²) in [6.07, 6.45) is 2.60. The van der Waals surface area contributed by atoms with Gasteiger partial charge in [-0.25, -0.2) is 4.98 Å². The number of aliphatic hydroxyl groups is 1. The minimum Gasteiger partial charge on any atom is -0.384 e. The number of likely N-dealkylation sites (tertiary alicyclic amines) is 1. The van der Waals surface area contributed by atoms with Crippen LogP contribution in [0.25, 0.3) is 0 Å². The summed E-state index contributed by atoms with van der Waals surface area (Å²) >= 11 is 0. The van der Waals surface area contributed by atoms with Gasteiger partial charge in [0.1, 0.15) is 17.1 Å². The Balaban J connectivity index is 1.85. The van der Waals surface area contributed by atoms with E-state index in [2.05, 4.69) is 22.2 Å². The van der Waals surface area contributed by atoms with Crippen LogP contribution in [0.1, 0.15) is 55.1 Å². The third-order valence-electron chi connectivity index (χ3n) is 4.56. The van der Waals surface area contributed by atoms with Gasteiger partial charge in [-0.2, -0.15) is 0 Å². The van der Waals surface area contributed by atoms with E-state index in [0.717, 1.165) is 25.0 Å². The summed E-state index contributed by atoms with van der Waals surface area (Å²) in [5, 5.41) is 13.3. The van der Waals surface area contributed by atoms with E-state index >= 15 is 0 Å².